The highest BCUT2D eigenvalue weighted by atomic mass is 35.5. The molecule has 250 valence electrons. The van der Waals surface area contributed by atoms with Gasteiger partial charge in [0.05, 0.1) is 0 Å². The zero-order valence-electron chi connectivity index (χ0n) is 27.1. The number of aryl methyl sites for hydroxylation is 1. The molecule has 1 aliphatic carbocycles. The van der Waals surface area contributed by atoms with E-state index in [9.17, 15) is 9.59 Å². The molecular weight excluding hydrogens is 626 g/mol. The van der Waals surface area contributed by atoms with E-state index in [0.29, 0.717) is 25.4 Å². The molecule has 1 unspecified atom stereocenters. The van der Waals surface area contributed by atoms with Crippen LogP contribution >= 0.6 is 11.6 Å². The van der Waals surface area contributed by atoms with Gasteiger partial charge in [-0.25, -0.2) is 14.8 Å². The number of fused-ring (bicyclic) bond motifs is 3. The zero-order valence-corrected chi connectivity index (χ0v) is 27.9. The molecule has 1 fully saturated rings. The number of aromatic nitrogens is 2. The molecule has 1 aliphatic heterocycles. The van der Waals surface area contributed by atoms with E-state index in [1.54, 1.807) is 0 Å². The van der Waals surface area contributed by atoms with Gasteiger partial charge in [-0.1, -0.05) is 84.4 Å². The van der Waals surface area contributed by atoms with Crippen molar-refractivity contribution in [1.29, 1.82) is 0 Å². The second-order valence-corrected chi connectivity index (χ2v) is 13.1. The van der Waals surface area contributed by atoms with Crippen LogP contribution in [-0.2, 0) is 11.2 Å². The van der Waals surface area contributed by atoms with Crippen LogP contribution in [0, 0.1) is 18.8 Å². The summed E-state index contributed by atoms with van der Waals surface area (Å²) in [6, 6.07) is 24.8. The molecule has 3 aromatic carbocycles. The molecule has 0 saturated carbocycles. The van der Waals surface area contributed by atoms with Crippen LogP contribution in [0.2, 0.25) is 5.15 Å². The van der Waals surface area contributed by atoms with Crippen LogP contribution in [-0.4, -0.2) is 66.2 Å². The zero-order chi connectivity index (χ0) is 33.6. The maximum Gasteiger partial charge on any atom is 0.409 e. The molecule has 1 aromatic heterocycles. The maximum atomic E-state index is 14.1. The van der Waals surface area contributed by atoms with Crippen LogP contribution in [0.25, 0.3) is 11.1 Å². The molecule has 0 radical (unpaired) electrons. The highest BCUT2D eigenvalue weighted by molar-refractivity contribution is 6.31. The van der Waals surface area contributed by atoms with Crippen molar-refractivity contribution in [3.8, 4) is 11.1 Å². The Bertz CT molecular complexity index is 1730. The van der Waals surface area contributed by atoms with Crippen molar-refractivity contribution in [2.45, 2.75) is 32.1 Å². The third kappa shape index (κ3) is 7.55. The van der Waals surface area contributed by atoms with E-state index in [0.717, 1.165) is 37.1 Å². The van der Waals surface area contributed by atoms with Gasteiger partial charge in [0.25, 0.3) is 5.91 Å². The van der Waals surface area contributed by atoms with Crippen LogP contribution < -0.4 is 22.1 Å². The van der Waals surface area contributed by atoms with Crippen molar-refractivity contribution < 1.29 is 14.3 Å². The predicted octanol–water partition coefficient (Wildman–Crippen LogP) is 5.44. The lowest BCUT2D eigenvalue weighted by molar-refractivity contribution is 0.0828. The summed E-state index contributed by atoms with van der Waals surface area (Å²) < 4.78 is 6.18. The first-order valence-corrected chi connectivity index (χ1v) is 16.9. The summed E-state index contributed by atoms with van der Waals surface area (Å²) in [5.74, 6) is -0.496. The fourth-order valence-electron chi connectivity index (χ4n) is 6.88. The number of nitrogens with zero attached hydrogens (tertiary/aromatic N) is 3. The number of benzene rings is 3. The Kier molecular flexibility index (Phi) is 10.4. The predicted molar refractivity (Wildman–Crippen MR) is 189 cm³/mol. The van der Waals surface area contributed by atoms with E-state index in [-0.39, 0.29) is 53.6 Å². The topological polar surface area (TPSA) is 148 Å². The fourth-order valence-corrected chi connectivity index (χ4v) is 7.00. The lowest BCUT2D eigenvalue weighted by atomic mass is 9.94. The van der Waals surface area contributed by atoms with E-state index < -0.39 is 5.91 Å². The fraction of sp³-hybridized carbons (Fsp3) is 0.351. The summed E-state index contributed by atoms with van der Waals surface area (Å²) in [4.78, 5) is 37.1. The molecule has 10 nitrogen and oxygen atoms in total. The Morgan fingerprint density at radius 1 is 0.958 bits per heavy atom. The van der Waals surface area contributed by atoms with Crippen molar-refractivity contribution in [3.63, 3.8) is 0 Å². The van der Waals surface area contributed by atoms with Crippen molar-refractivity contribution in [2.24, 2.45) is 11.8 Å². The van der Waals surface area contributed by atoms with E-state index in [4.69, 9.17) is 27.8 Å². The number of halogens is 1. The van der Waals surface area contributed by atoms with Crippen LogP contribution in [0.4, 0.5) is 16.4 Å². The van der Waals surface area contributed by atoms with Gasteiger partial charge >= 0.3 is 6.09 Å². The molecule has 0 spiro atoms. The number of amides is 2. The molecule has 2 heterocycles. The van der Waals surface area contributed by atoms with Crippen LogP contribution in [0.1, 0.15) is 51.5 Å². The Labute approximate surface area is 286 Å². The maximum absolute atomic E-state index is 14.1. The Balaban J connectivity index is 1.22. The van der Waals surface area contributed by atoms with Gasteiger partial charge in [-0.15, -0.1) is 0 Å². The number of carbonyl (C=O) groups excluding carboxylic acids is 2. The summed E-state index contributed by atoms with van der Waals surface area (Å²) in [7, 11) is 0. The number of anilines is 2. The minimum atomic E-state index is -0.511. The van der Waals surface area contributed by atoms with Crippen molar-refractivity contribution in [3.05, 3.63) is 106 Å². The molecule has 1 atom stereocenters. The Morgan fingerprint density at radius 2 is 1.60 bits per heavy atom. The molecule has 2 amide bonds. The van der Waals surface area contributed by atoms with E-state index in [1.165, 1.54) is 22.3 Å². The molecule has 48 heavy (non-hydrogen) atoms. The minimum Gasteiger partial charge on any atom is -0.448 e. The SMILES string of the molecule is Cc1ccccc1CC(CNC(=O)c1nc(Cl)c(N)nc1N)CN(CC1CCNCC1)C(=O)OCC1c2ccccc2-c2ccccc21. The Morgan fingerprint density at radius 3 is 2.29 bits per heavy atom. The van der Waals surface area contributed by atoms with Crippen LogP contribution in [0.3, 0.4) is 0 Å². The van der Waals surface area contributed by atoms with E-state index in [2.05, 4.69) is 63.9 Å². The standard InChI is InChI=1S/C37H42ClN7O3/c1-23-8-2-3-9-26(23)18-25(19-42-36(46)32-34(39)44-35(40)33(38)43-32)21-45(20-24-14-16-41-17-15-24)37(47)48-22-31-29-12-6-4-10-27(29)28-11-5-7-13-30(28)31/h2-13,24-25,31,41H,14-22H2,1H3,(H,42,46)(H4,39,40,44). The van der Waals surface area contributed by atoms with Gasteiger partial charge in [0.2, 0.25) is 0 Å². The molecule has 6 rings (SSSR count). The highest BCUT2D eigenvalue weighted by Gasteiger charge is 2.31. The largest absolute Gasteiger partial charge is 0.448 e. The third-order valence-corrected chi connectivity index (χ3v) is 9.73. The molecule has 6 N–H and O–H groups in total. The monoisotopic (exact) mass is 667 g/mol. The van der Waals surface area contributed by atoms with Crippen molar-refractivity contribution in [1.82, 2.24) is 25.5 Å². The third-order valence-electron chi connectivity index (χ3n) is 9.45. The average molecular weight is 668 g/mol. The number of hydrogen-bond acceptors (Lipinski definition) is 8. The van der Waals surface area contributed by atoms with Gasteiger partial charge in [0, 0.05) is 25.6 Å². The van der Waals surface area contributed by atoms with E-state index in [1.807, 2.05) is 41.3 Å². The molecule has 4 aromatic rings. The summed E-state index contributed by atoms with van der Waals surface area (Å²) in [5.41, 5.74) is 18.6. The number of piperidine rings is 1. The smallest absolute Gasteiger partial charge is 0.409 e. The van der Waals surface area contributed by atoms with Crippen molar-refractivity contribution in [2.75, 3.05) is 50.8 Å². The number of nitrogen functional groups attached to an aromatic ring is 2. The molecule has 0 bridgehead atoms. The van der Waals surface area contributed by atoms with Gasteiger partial charge in [-0.2, -0.15) is 0 Å². The highest BCUT2D eigenvalue weighted by Crippen LogP contribution is 2.44. The molecule has 2 aliphatic rings. The summed E-state index contributed by atoms with van der Waals surface area (Å²) in [6.45, 7) is 5.36. The summed E-state index contributed by atoms with van der Waals surface area (Å²) in [6.07, 6.45) is 2.23. The average Bonchev–Trinajstić information content (AvgIpc) is 3.42. The minimum absolute atomic E-state index is 0.0394. The number of carbonyl (C=O) groups is 2. The van der Waals surface area contributed by atoms with Gasteiger partial charge < -0.3 is 31.7 Å². The van der Waals surface area contributed by atoms with Gasteiger partial charge in [-0.05, 0) is 84.5 Å². The number of nitrogens with one attached hydrogen (secondary N) is 2. The number of rotatable bonds is 11. The lowest BCUT2D eigenvalue weighted by Crippen LogP contribution is -2.45. The van der Waals surface area contributed by atoms with Gasteiger partial charge in [0.15, 0.2) is 22.5 Å². The van der Waals surface area contributed by atoms with Crippen LogP contribution in [0.15, 0.2) is 72.8 Å². The van der Waals surface area contributed by atoms with Crippen LogP contribution in [0.5, 0.6) is 0 Å². The quantitative estimate of drug-likeness (QED) is 0.165. The lowest BCUT2D eigenvalue weighted by Gasteiger charge is -2.32. The number of hydrogen-bond donors (Lipinski definition) is 4. The Hall–Kier alpha value is -4.67. The number of ether oxygens (including phenoxy) is 1. The van der Waals surface area contributed by atoms with Crippen molar-refractivity contribution >= 4 is 35.2 Å². The molecule has 11 heteroatoms. The second kappa shape index (κ2) is 15.0. The first kappa shape index (κ1) is 33.2. The van der Waals surface area contributed by atoms with Gasteiger partial charge in [0.1, 0.15) is 6.61 Å². The first-order chi connectivity index (χ1) is 23.3. The van der Waals surface area contributed by atoms with Gasteiger partial charge in [-0.3, -0.25) is 4.79 Å². The summed E-state index contributed by atoms with van der Waals surface area (Å²) >= 11 is 6.05. The molecular formula is C37H42ClN7O3. The normalized spacial score (nSPS) is 15.0. The summed E-state index contributed by atoms with van der Waals surface area (Å²) in [5, 5.41) is 6.29. The van der Waals surface area contributed by atoms with E-state index >= 15 is 0 Å². The second-order valence-electron chi connectivity index (χ2n) is 12.7. The number of nitrogens with two attached hydrogens (primary N) is 2. The first-order valence-electron chi connectivity index (χ1n) is 16.5. The molecule has 1 saturated heterocycles.